The van der Waals surface area contributed by atoms with E-state index in [0.29, 0.717) is 19.4 Å². The second-order valence-electron chi connectivity index (χ2n) is 7.03. The normalized spacial score (nSPS) is 12.9. The van der Waals surface area contributed by atoms with Gasteiger partial charge in [0.05, 0.1) is 0 Å². The van der Waals surface area contributed by atoms with Gasteiger partial charge in [-0.05, 0) is 36.6 Å². The molecule has 1 N–H and O–H groups in total. The van der Waals surface area contributed by atoms with Gasteiger partial charge < -0.3 is 10.2 Å². The zero-order valence-corrected chi connectivity index (χ0v) is 18.4. The summed E-state index contributed by atoms with van der Waals surface area (Å²) in [6.45, 7) is 6.26. The molecule has 0 spiro atoms. The van der Waals surface area contributed by atoms with Crippen LogP contribution in [0.5, 0.6) is 0 Å². The Morgan fingerprint density at radius 2 is 1.71 bits per heavy atom. The SMILES string of the molecule is CCC(=O)N(Cc1cccc(Br)c1)[C@H](Cc1ccccc1)C(=O)N[C@H](C)CC. The molecule has 2 aromatic rings. The first-order valence-electron chi connectivity index (χ1n) is 9.82. The molecule has 0 aromatic heterocycles. The van der Waals surface area contributed by atoms with Gasteiger partial charge in [-0.2, -0.15) is 0 Å². The Labute approximate surface area is 176 Å². The molecule has 2 amide bonds. The third-order valence-corrected chi connectivity index (χ3v) is 5.31. The molecule has 28 heavy (non-hydrogen) atoms. The van der Waals surface area contributed by atoms with Gasteiger partial charge in [0.25, 0.3) is 0 Å². The summed E-state index contributed by atoms with van der Waals surface area (Å²) in [5.41, 5.74) is 2.03. The van der Waals surface area contributed by atoms with Crippen LogP contribution in [0.2, 0.25) is 0 Å². The molecule has 4 nitrogen and oxygen atoms in total. The molecule has 2 atom stereocenters. The average Bonchev–Trinajstić information content (AvgIpc) is 2.70. The number of carbonyl (C=O) groups excluding carboxylic acids is 2. The Bertz CT molecular complexity index is 779. The van der Waals surface area contributed by atoms with Gasteiger partial charge in [0, 0.05) is 29.9 Å². The van der Waals surface area contributed by atoms with E-state index >= 15 is 0 Å². The summed E-state index contributed by atoms with van der Waals surface area (Å²) < 4.78 is 0.956. The summed E-state index contributed by atoms with van der Waals surface area (Å²) in [5.74, 6) is -0.129. The second kappa shape index (κ2) is 11.0. The lowest BCUT2D eigenvalue weighted by Crippen LogP contribution is -2.52. The van der Waals surface area contributed by atoms with Crippen LogP contribution in [0.1, 0.15) is 44.7 Å². The van der Waals surface area contributed by atoms with Crippen molar-refractivity contribution in [3.8, 4) is 0 Å². The molecule has 0 bridgehead atoms. The molecule has 0 saturated carbocycles. The summed E-state index contributed by atoms with van der Waals surface area (Å²) in [4.78, 5) is 27.7. The van der Waals surface area contributed by atoms with Crippen molar-refractivity contribution in [2.45, 2.75) is 58.7 Å². The molecular weight excluding hydrogens is 416 g/mol. The van der Waals surface area contributed by atoms with Gasteiger partial charge in [0.15, 0.2) is 0 Å². The minimum Gasteiger partial charge on any atom is -0.352 e. The largest absolute Gasteiger partial charge is 0.352 e. The lowest BCUT2D eigenvalue weighted by molar-refractivity contribution is -0.141. The van der Waals surface area contributed by atoms with Crippen molar-refractivity contribution in [3.05, 3.63) is 70.2 Å². The number of rotatable bonds is 9. The highest BCUT2D eigenvalue weighted by atomic mass is 79.9. The fraction of sp³-hybridized carbons (Fsp3) is 0.391. The van der Waals surface area contributed by atoms with Crippen molar-refractivity contribution < 1.29 is 9.59 Å². The van der Waals surface area contributed by atoms with Crippen molar-refractivity contribution in [1.29, 1.82) is 0 Å². The predicted octanol–water partition coefficient (Wildman–Crippen LogP) is 4.71. The van der Waals surface area contributed by atoms with Crippen LogP contribution in [0.3, 0.4) is 0 Å². The van der Waals surface area contributed by atoms with Crippen LogP contribution in [0.25, 0.3) is 0 Å². The van der Waals surface area contributed by atoms with Crippen LogP contribution in [-0.2, 0) is 22.6 Å². The van der Waals surface area contributed by atoms with Gasteiger partial charge >= 0.3 is 0 Å². The van der Waals surface area contributed by atoms with E-state index in [1.165, 1.54) is 0 Å². The summed E-state index contributed by atoms with van der Waals surface area (Å²) in [7, 11) is 0. The molecule has 2 aromatic carbocycles. The highest BCUT2D eigenvalue weighted by molar-refractivity contribution is 9.10. The van der Waals surface area contributed by atoms with Crippen LogP contribution in [0.15, 0.2) is 59.1 Å². The molecule has 0 aliphatic carbocycles. The molecule has 0 aliphatic heterocycles. The van der Waals surface area contributed by atoms with Crippen molar-refractivity contribution in [2.24, 2.45) is 0 Å². The molecule has 0 fully saturated rings. The smallest absolute Gasteiger partial charge is 0.243 e. The average molecular weight is 445 g/mol. The summed E-state index contributed by atoms with van der Waals surface area (Å²) in [5, 5.41) is 3.06. The Kier molecular flexibility index (Phi) is 8.71. The molecule has 5 heteroatoms. The maximum atomic E-state index is 13.1. The quantitative estimate of drug-likeness (QED) is 0.608. The summed E-state index contributed by atoms with van der Waals surface area (Å²) in [6.07, 6.45) is 1.69. The van der Waals surface area contributed by atoms with E-state index < -0.39 is 6.04 Å². The third kappa shape index (κ3) is 6.48. The molecular formula is C23H29BrN2O2. The number of halogens is 1. The highest BCUT2D eigenvalue weighted by Gasteiger charge is 2.30. The Morgan fingerprint density at radius 1 is 1.04 bits per heavy atom. The van der Waals surface area contributed by atoms with Gasteiger partial charge in [0.1, 0.15) is 6.04 Å². The highest BCUT2D eigenvalue weighted by Crippen LogP contribution is 2.18. The van der Waals surface area contributed by atoms with Gasteiger partial charge in [-0.3, -0.25) is 9.59 Å². The Morgan fingerprint density at radius 3 is 2.32 bits per heavy atom. The predicted molar refractivity (Wildman–Crippen MR) is 117 cm³/mol. The van der Waals surface area contributed by atoms with Crippen molar-refractivity contribution in [1.82, 2.24) is 10.2 Å². The number of amides is 2. The zero-order valence-electron chi connectivity index (χ0n) is 16.8. The number of hydrogen-bond acceptors (Lipinski definition) is 2. The van der Waals surface area contributed by atoms with Crippen molar-refractivity contribution in [2.75, 3.05) is 0 Å². The van der Waals surface area contributed by atoms with Gasteiger partial charge in [-0.1, -0.05) is 72.2 Å². The van der Waals surface area contributed by atoms with E-state index in [0.717, 1.165) is 22.0 Å². The summed E-state index contributed by atoms with van der Waals surface area (Å²) >= 11 is 3.49. The van der Waals surface area contributed by atoms with E-state index in [1.807, 2.05) is 75.4 Å². The summed E-state index contributed by atoms with van der Waals surface area (Å²) in [6, 6.07) is 17.2. The zero-order chi connectivity index (χ0) is 20.5. The molecule has 0 radical (unpaired) electrons. The molecule has 0 aliphatic rings. The topological polar surface area (TPSA) is 49.4 Å². The first kappa shape index (κ1) is 22.2. The first-order valence-corrected chi connectivity index (χ1v) is 10.6. The van der Waals surface area contributed by atoms with Crippen LogP contribution >= 0.6 is 15.9 Å². The number of benzene rings is 2. The Hall–Kier alpha value is -2.14. The van der Waals surface area contributed by atoms with E-state index in [4.69, 9.17) is 0 Å². The maximum absolute atomic E-state index is 13.1. The minimum absolute atomic E-state index is 0.0276. The van der Waals surface area contributed by atoms with E-state index in [9.17, 15) is 9.59 Å². The van der Waals surface area contributed by atoms with Crippen LogP contribution < -0.4 is 5.32 Å². The lowest BCUT2D eigenvalue weighted by atomic mass is 10.0. The van der Waals surface area contributed by atoms with Gasteiger partial charge in [-0.15, -0.1) is 0 Å². The standard InChI is InChI=1S/C23H29BrN2O2/c1-4-17(3)25-23(28)21(15-18-10-7-6-8-11-18)26(22(27)5-2)16-19-12-9-13-20(24)14-19/h6-14,17,21H,4-5,15-16H2,1-3H3,(H,25,28)/t17-,21-/m1/s1. The lowest BCUT2D eigenvalue weighted by Gasteiger charge is -2.32. The maximum Gasteiger partial charge on any atom is 0.243 e. The minimum atomic E-state index is -0.553. The molecule has 2 rings (SSSR count). The Balaban J connectivity index is 2.35. The fourth-order valence-electron chi connectivity index (χ4n) is 3.03. The van der Waals surface area contributed by atoms with Crippen LogP contribution in [0.4, 0.5) is 0 Å². The molecule has 150 valence electrons. The number of hydrogen-bond donors (Lipinski definition) is 1. The van der Waals surface area contributed by atoms with Gasteiger partial charge in [0.2, 0.25) is 11.8 Å². The van der Waals surface area contributed by atoms with Crippen molar-refractivity contribution >= 4 is 27.7 Å². The van der Waals surface area contributed by atoms with E-state index in [-0.39, 0.29) is 17.9 Å². The van der Waals surface area contributed by atoms with E-state index in [1.54, 1.807) is 4.90 Å². The molecule has 0 unspecified atom stereocenters. The van der Waals surface area contributed by atoms with Gasteiger partial charge in [-0.25, -0.2) is 0 Å². The van der Waals surface area contributed by atoms with Crippen LogP contribution in [0, 0.1) is 0 Å². The fourth-order valence-corrected chi connectivity index (χ4v) is 3.48. The number of carbonyl (C=O) groups is 2. The number of nitrogens with zero attached hydrogens (tertiary/aromatic N) is 1. The first-order chi connectivity index (χ1) is 13.4. The van der Waals surface area contributed by atoms with Crippen LogP contribution in [-0.4, -0.2) is 28.8 Å². The monoisotopic (exact) mass is 444 g/mol. The molecule has 0 heterocycles. The van der Waals surface area contributed by atoms with Crippen molar-refractivity contribution in [3.63, 3.8) is 0 Å². The second-order valence-corrected chi connectivity index (χ2v) is 7.94. The number of nitrogens with one attached hydrogen (secondary N) is 1. The van der Waals surface area contributed by atoms with E-state index in [2.05, 4.69) is 21.2 Å². The third-order valence-electron chi connectivity index (χ3n) is 4.82. The molecule has 0 saturated heterocycles.